The fourth-order valence-electron chi connectivity index (χ4n) is 3.32. The monoisotopic (exact) mass is 453 g/mol. The first-order valence-electron chi connectivity index (χ1n) is 11.0. The first-order chi connectivity index (χ1) is 14.9. The van der Waals surface area contributed by atoms with Gasteiger partial charge >= 0.3 is 0 Å². The van der Waals surface area contributed by atoms with Gasteiger partial charge in [0.1, 0.15) is 0 Å². The quantitative estimate of drug-likeness (QED) is 0.213. The van der Waals surface area contributed by atoms with E-state index in [0.717, 1.165) is 6.54 Å². The molecule has 158 valence electrons. The van der Waals surface area contributed by atoms with E-state index in [1.54, 1.807) is 0 Å². The minimum atomic E-state index is -0.536. The van der Waals surface area contributed by atoms with Gasteiger partial charge in [0.05, 0.1) is 0 Å². The maximum Gasteiger partial charge on any atom is 0.0319 e. The molecule has 0 fully saturated rings. The third kappa shape index (κ3) is 7.82. The lowest BCUT2D eigenvalue weighted by Gasteiger charge is -2.32. The maximum absolute atomic E-state index is 2.74. The molecule has 0 saturated carbocycles. The number of rotatable bonds is 13. The van der Waals surface area contributed by atoms with Crippen LogP contribution in [0.2, 0.25) is 0 Å². The standard InChI is InChI=1S/C26H33NP2S/c1-2-3-4-14-22-30-23-21-27(28-24-15-8-5-9-16-24)29(25-17-10-6-11-18-25)26-19-12-7-13-20-26/h5-13,15-20,28H,2-4,14,21-23H2,1H3. The van der Waals surface area contributed by atoms with Crippen LogP contribution in [0.15, 0.2) is 91.0 Å². The van der Waals surface area contributed by atoms with E-state index in [2.05, 4.69) is 114 Å². The molecule has 0 aliphatic carbocycles. The highest BCUT2D eigenvalue weighted by Crippen LogP contribution is 2.45. The summed E-state index contributed by atoms with van der Waals surface area (Å²) in [4.78, 5) is 0. The van der Waals surface area contributed by atoms with Gasteiger partial charge in [0.25, 0.3) is 0 Å². The molecule has 0 aliphatic heterocycles. The Balaban J connectivity index is 1.76. The van der Waals surface area contributed by atoms with Gasteiger partial charge in [-0.1, -0.05) is 117 Å². The Hall–Kier alpha value is -1.17. The van der Waals surface area contributed by atoms with E-state index in [1.807, 2.05) is 0 Å². The molecule has 0 N–H and O–H groups in total. The van der Waals surface area contributed by atoms with Gasteiger partial charge in [0.2, 0.25) is 0 Å². The van der Waals surface area contributed by atoms with Gasteiger partial charge < -0.3 is 0 Å². The average Bonchev–Trinajstić information content (AvgIpc) is 2.80. The number of nitrogens with zero attached hydrogens (tertiary/aromatic N) is 1. The van der Waals surface area contributed by atoms with E-state index in [1.165, 1.54) is 53.1 Å². The van der Waals surface area contributed by atoms with Gasteiger partial charge in [-0.2, -0.15) is 11.8 Å². The van der Waals surface area contributed by atoms with Crippen molar-refractivity contribution in [1.82, 2.24) is 4.44 Å². The van der Waals surface area contributed by atoms with Crippen LogP contribution in [0.3, 0.4) is 0 Å². The molecule has 0 saturated heterocycles. The average molecular weight is 454 g/mol. The van der Waals surface area contributed by atoms with E-state index in [-0.39, 0.29) is 0 Å². The smallest absolute Gasteiger partial charge is 0.0319 e. The van der Waals surface area contributed by atoms with Gasteiger partial charge in [0.15, 0.2) is 0 Å². The summed E-state index contributed by atoms with van der Waals surface area (Å²) in [5.74, 6) is 2.49. The molecule has 30 heavy (non-hydrogen) atoms. The van der Waals surface area contributed by atoms with Crippen LogP contribution in [0.25, 0.3) is 0 Å². The number of thioether (sulfide) groups is 1. The molecular weight excluding hydrogens is 420 g/mol. The second kappa shape index (κ2) is 14.0. The molecule has 3 aromatic carbocycles. The molecule has 1 nitrogen and oxygen atoms in total. The highest BCUT2D eigenvalue weighted by Gasteiger charge is 2.22. The minimum absolute atomic E-state index is 0.536. The van der Waals surface area contributed by atoms with E-state index in [9.17, 15) is 0 Å². The summed E-state index contributed by atoms with van der Waals surface area (Å²) in [6, 6.07) is 33.2. The third-order valence-corrected chi connectivity index (χ3v) is 10.1. The van der Waals surface area contributed by atoms with Crippen molar-refractivity contribution in [3.63, 3.8) is 0 Å². The van der Waals surface area contributed by atoms with Gasteiger partial charge in [-0.3, -0.25) is 4.44 Å². The Kier molecular flexibility index (Phi) is 11.0. The fraction of sp³-hybridized carbons (Fsp3) is 0.308. The molecule has 4 heteroatoms. The number of benzene rings is 3. The Labute approximate surface area is 190 Å². The zero-order valence-corrected chi connectivity index (χ0v) is 20.6. The summed E-state index contributed by atoms with van der Waals surface area (Å²) >= 11 is 2.12. The van der Waals surface area contributed by atoms with Crippen LogP contribution >= 0.6 is 28.6 Å². The normalized spacial score (nSPS) is 11.7. The summed E-state index contributed by atoms with van der Waals surface area (Å²) in [7, 11) is 0.152. The Bertz CT molecular complexity index is 775. The number of hydrogen-bond donors (Lipinski definition) is 0. The first-order valence-corrected chi connectivity index (χ1v) is 14.3. The predicted molar refractivity (Wildman–Crippen MR) is 142 cm³/mol. The van der Waals surface area contributed by atoms with Crippen molar-refractivity contribution >= 4 is 44.5 Å². The Morgan fingerprint density at radius 3 is 1.83 bits per heavy atom. The van der Waals surface area contributed by atoms with E-state index in [4.69, 9.17) is 0 Å². The van der Waals surface area contributed by atoms with E-state index >= 15 is 0 Å². The lowest BCUT2D eigenvalue weighted by atomic mass is 10.2. The van der Waals surface area contributed by atoms with Crippen molar-refractivity contribution in [3.05, 3.63) is 91.0 Å². The molecule has 0 spiro atoms. The molecule has 0 heterocycles. The molecule has 0 bridgehead atoms. The van der Waals surface area contributed by atoms with Crippen LogP contribution in [-0.2, 0) is 0 Å². The molecular formula is C26H33NP2S. The zero-order valence-electron chi connectivity index (χ0n) is 17.9. The SMILES string of the molecule is CCCCCCSCCN(Pc1ccccc1)P(c1ccccc1)c1ccccc1. The molecule has 0 aromatic heterocycles. The first kappa shape index (κ1) is 23.5. The summed E-state index contributed by atoms with van der Waals surface area (Å²) < 4.78 is 2.74. The van der Waals surface area contributed by atoms with Crippen molar-refractivity contribution in [2.75, 3.05) is 18.1 Å². The minimum Gasteiger partial charge on any atom is -0.250 e. The maximum atomic E-state index is 2.74. The molecule has 0 radical (unpaired) electrons. The van der Waals surface area contributed by atoms with E-state index in [0.29, 0.717) is 8.73 Å². The van der Waals surface area contributed by atoms with Crippen molar-refractivity contribution in [1.29, 1.82) is 0 Å². The van der Waals surface area contributed by atoms with Crippen LogP contribution < -0.4 is 15.9 Å². The molecule has 3 rings (SSSR count). The number of unbranched alkanes of at least 4 members (excludes halogenated alkanes) is 3. The molecule has 0 amide bonds. The van der Waals surface area contributed by atoms with Gasteiger partial charge in [-0.05, 0) is 36.8 Å². The van der Waals surface area contributed by atoms with Gasteiger partial charge in [-0.15, -0.1) is 0 Å². The van der Waals surface area contributed by atoms with Crippen molar-refractivity contribution in [2.45, 2.75) is 32.6 Å². The second-order valence-corrected chi connectivity index (χ2v) is 12.3. The highest BCUT2D eigenvalue weighted by atomic mass is 32.2. The third-order valence-electron chi connectivity index (χ3n) is 4.86. The van der Waals surface area contributed by atoms with Crippen LogP contribution in [-0.4, -0.2) is 22.5 Å². The molecule has 1 unspecified atom stereocenters. The Morgan fingerprint density at radius 1 is 0.700 bits per heavy atom. The molecule has 1 atom stereocenters. The van der Waals surface area contributed by atoms with Crippen LogP contribution in [0.1, 0.15) is 32.6 Å². The lowest BCUT2D eigenvalue weighted by Crippen LogP contribution is -2.26. The van der Waals surface area contributed by atoms with Crippen molar-refractivity contribution in [3.8, 4) is 0 Å². The number of hydrogen-bond acceptors (Lipinski definition) is 2. The Morgan fingerprint density at radius 2 is 1.27 bits per heavy atom. The van der Waals surface area contributed by atoms with Crippen LogP contribution in [0, 0.1) is 0 Å². The van der Waals surface area contributed by atoms with E-state index < -0.39 is 8.07 Å². The fourth-order valence-corrected chi connectivity index (χ4v) is 8.91. The topological polar surface area (TPSA) is 3.24 Å². The van der Waals surface area contributed by atoms with Gasteiger partial charge in [0, 0.05) is 20.4 Å². The van der Waals surface area contributed by atoms with Crippen LogP contribution in [0.4, 0.5) is 0 Å². The largest absolute Gasteiger partial charge is 0.250 e. The highest BCUT2D eigenvalue weighted by molar-refractivity contribution is 7.99. The van der Waals surface area contributed by atoms with Crippen molar-refractivity contribution < 1.29 is 0 Å². The molecule has 3 aromatic rings. The summed E-state index contributed by atoms with van der Waals surface area (Å²) in [5, 5.41) is 4.30. The zero-order chi connectivity index (χ0) is 20.9. The van der Waals surface area contributed by atoms with Crippen molar-refractivity contribution in [2.24, 2.45) is 0 Å². The van der Waals surface area contributed by atoms with Gasteiger partial charge in [-0.25, -0.2) is 0 Å². The lowest BCUT2D eigenvalue weighted by molar-refractivity contribution is 0.705. The molecule has 0 aliphatic rings. The van der Waals surface area contributed by atoms with Crippen LogP contribution in [0.5, 0.6) is 0 Å². The summed E-state index contributed by atoms with van der Waals surface area (Å²) in [6.45, 7) is 3.41. The summed E-state index contributed by atoms with van der Waals surface area (Å²) in [6.07, 6.45) is 5.41. The predicted octanol–water partition coefficient (Wildman–Crippen LogP) is 6.57. The second-order valence-electron chi connectivity index (χ2n) is 7.26. The summed E-state index contributed by atoms with van der Waals surface area (Å²) in [5.41, 5.74) is 0.